The first kappa shape index (κ1) is 20.1. The van der Waals surface area contributed by atoms with Crippen LogP contribution in [0.4, 0.5) is 5.69 Å². The van der Waals surface area contributed by atoms with Gasteiger partial charge in [0.2, 0.25) is 11.8 Å². The number of nitrogens with zero attached hydrogens (tertiary/aromatic N) is 1. The summed E-state index contributed by atoms with van der Waals surface area (Å²) in [4.78, 5) is 25.9. The maximum atomic E-state index is 12.3. The van der Waals surface area contributed by atoms with Crippen molar-refractivity contribution in [1.82, 2.24) is 4.90 Å². The van der Waals surface area contributed by atoms with E-state index in [1.54, 1.807) is 0 Å². The lowest BCUT2D eigenvalue weighted by atomic mass is 9.96. The molecule has 28 heavy (non-hydrogen) atoms. The maximum absolute atomic E-state index is 12.3. The van der Waals surface area contributed by atoms with Gasteiger partial charge < -0.3 is 16.0 Å². The number of likely N-dealkylation sites (tertiary alicyclic amines) is 1. The number of nitrogens with two attached hydrogens (primary N) is 1. The molecule has 5 heteroatoms. The zero-order valence-electron chi connectivity index (χ0n) is 16.5. The van der Waals surface area contributed by atoms with Crippen molar-refractivity contribution in [3.05, 3.63) is 65.2 Å². The number of aryl methyl sites for hydroxylation is 1. The van der Waals surface area contributed by atoms with Gasteiger partial charge in [0.1, 0.15) is 0 Å². The van der Waals surface area contributed by atoms with E-state index in [2.05, 4.69) is 22.3 Å². The van der Waals surface area contributed by atoms with Crippen molar-refractivity contribution < 1.29 is 9.59 Å². The molecule has 1 aliphatic rings. The second kappa shape index (κ2) is 9.51. The van der Waals surface area contributed by atoms with Crippen LogP contribution < -0.4 is 11.1 Å². The smallest absolute Gasteiger partial charge is 0.228 e. The van der Waals surface area contributed by atoms with Crippen LogP contribution in [0.1, 0.15) is 29.5 Å². The molecule has 0 aliphatic carbocycles. The summed E-state index contributed by atoms with van der Waals surface area (Å²) >= 11 is 0. The second-order valence-electron chi connectivity index (χ2n) is 7.62. The van der Waals surface area contributed by atoms with Gasteiger partial charge in [-0.2, -0.15) is 0 Å². The summed E-state index contributed by atoms with van der Waals surface area (Å²) in [5.41, 5.74) is 9.64. The number of rotatable bonds is 7. The summed E-state index contributed by atoms with van der Waals surface area (Å²) in [6.07, 6.45) is 3.07. The van der Waals surface area contributed by atoms with E-state index in [-0.39, 0.29) is 17.7 Å². The monoisotopic (exact) mass is 379 g/mol. The molecule has 0 unspecified atom stereocenters. The first-order valence-corrected chi connectivity index (χ1v) is 9.96. The minimum absolute atomic E-state index is 0.000582. The third-order valence-electron chi connectivity index (χ3n) is 5.56. The largest absolute Gasteiger partial charge is 0.369 e. The van der Waals surface area contributed by atoms with Gasteiger partial charge in [-0.3, -0.25) is 9.59 Å². The summed E-state index contributed by atoms with van der Waals surface area (Å²) in [6, 6.07) is 16.0. The second-order valence-corrected chi connectivity index (χ2v) is 7.62. The van der Waals surface area contributed by atoms with Gasteiger partial charge in [-0.05, 0) is 68.1 Å². The number of benzene rings is 2. The van der Waals surface area contributed by atoms with Gasteiger partial charge in [-0.1, -0.05) is 36.4 Å². The third kappa shape index (κ3) is 5.67. The Kier molecular flexibility index (Phi) is 6.82. The van der Waals surface area contributed by atoms with Crippen LogP contribution in [-0.2, 0) is 22.4 Å². The van der Waals surface area contributed by atoms with Crippen LogP contribution in [0.3, 0.4) is 0 Å². The fraction of sp³-hybridized carbons (Fsp3) is 0.391. The van der Waals surface area contributed by atoms with E-state index in [1.165, 1.54) is 5.56 Å². The standard InChI is InChI=1S/C23H29N3O2/c1-17-4-2-3-5-20(17)16-22(27)25-21-8-6-18(7-9-21)10-13-26-14-11-19(12-15-26)23(24)28/h2-9,19H,10-16H2,1H3,(H2,24,28)(H,25,27). The molecular weight excluding hydrogens is 350 g/mol. The van der Waals surface area contributed by atoms with Gasteiger partial charge in [-0.15, -0.1) is 0 Å². The molecule has 1 saturated heterocycles. The molecule has 2 aromatic rings. The first-order valence-electron chi connectivity index (χ1n) is 9.96. The third-order valence-corrected chi connectivity index (χ3v) is 5.56. The van der Waals surface area contributed by atoms with E-state index in [0.717, 1.165) is 55.7 Å². The van der Waals surface area contributed by atoms with Crippen molar-refractivity contribution >= 4 is 17.5 Å². The van der Waals surface area contributed by atoms with Crippen molar-refractivity contribution in [3.8, 4) is 0 Å². The van der Waals surface area contributed by atoms with Gasteiger partial charge in [0, 0.05) is 18.2 Å². The zero-order valence-corrected chi connectivity index (χ0v) is 16.5. The lowest BCUT2D eigenvalue weighted by Crippen LogP contribution is -2.39. The number of anilines is 1. The Balaban J connectivity index is 1.44. The molecule has 1 heterocycles. The highest BCUT2D eigenvalue weighted by atomic mass is 16.2. The summed E-state index contributed by atoms with van der Waals surface area (Å²) in [5.74, 6) is -0.127. The van der Waals surface area contributed by atoms with Crippen LogP contribution in [0.15, 0.2) is 48.5 Å². The molecular formula is C23H29N3O2. The molecule has 0 radical (unpaired) electrons. The van der Waals surface area contributed by atoms with Crippen LogP contribution >= 0.6 is 0 Å². The minimum atomic E-state index is -0.167. The maximum Gasteiger partial charge on any atom is 0.228 e. The Morgan fingerprint density at radius 1 is 1.07 bits per heavy atom. The van der Waals surface area contributed by atoms with Gasteiger partial charge >= 0.3 is 0 Å². The molecule has 0 bridgehead atoms. The van der Waals surface area contributed by atoms with Crippen molar-refractivity contribution in [2.75, 3.05) is 25.0 Å². The average molecular weight is 380 g/mol. The van der Waals surface area contributed by atoms with Gasteiger partial charge in [-0.25, -0.2) is 0 Å². The van der Waals surface area contributed by atoms with E-state index < -0.39 is 0 Å². The van der Waals surface area contributed by atoms with E-state index in [1.807, 2.05) is 43.3 Å². The number of hydrogen-bond donors (Lipinski definition) is 2. The molecule has 0 atom stereocenters. The molecule has 5 nitrogen and oxygen atoms in total. The summed E-state index contributed by atoms with van der Waals surface area (Å²) < 4.78 is 0. The number of primary amides is 1. The fourth-order valence-corrected chi connectivity index (χ4v) is 3.67. The highest BCUT2D eigenvalue weighted by Crippen LogP contribution is 2.18. The predicted molar refractivity (Wildman–Crippen MR) is 112 cm³/mol. The number of nitrogens with one attached hydrogen (secondary N) is 1. The molecule has 0 aromatic heterocycles. The Morgan fingerprint density at radius 2 is 1.75 bits per heavy atom. The average Bonchev–Trinajstić information content (AvgIpc) is 2.69. The van der Waals surface area contributed by atoms with E-state index >= 15 is 0 Å². The predicted octanol–water partition coefficient (Wildman–Crippen LogP) is 2.92. The molecule has 148 valence electrons. The van der Waals surface area contributed by atoms with Gasteiger partial charge in [0.25, 0.3) is 0 Å². The van der Waals surface area contributed by atoms with Crippen molar-refractivity contribution in [2.24, 2.45) is 11.7 Å². The van der Waals surface area contributed by atoms with Gasteiger partial charge in [0.15, 0.2) is 0 Å². The lowest BCUT2D eigenvalue weighted by Gasteiger charge is -2.30. The number of carbonyl (C=O) groups excluding carboxylic acids is 2. The number of piperidine rings is 1. The molecule has 3 N–H and O–H groups in total. The van der Waals surface area contributed by atoms with Gasteiger partial charge in [0.05, 0.1) is 6.42 Å². The molecule has 2 amide bonds. The quantitative estimate of drug-likeness (QED) is 0.777. The summed E-state index contributed by atoms with van der Waals surface area (Å²) in [5, 5.41) is 2.97. The lowest BCUT2D eigenvalue weighted by molar-refractivity contribution is -0.123. The van der Waals surface area contributed by atoms with Crippen molar-refractivity contribution in [2.45, 2.75) is 32.6 Å². The fourth-order valence-electron chi connectivity index (χ4n) is 3.67. The summed E-state index contributed by atoms with van der Waals surface area (Å²) in [6.45, 7) is 4.86. The van der Waals surface area contributed by atoms with Crippen LogP contribution in [0.25, 0.3) is 0 Å². The zero-order chi connectivity index (χ0) is 19.9. The Hall–Kier alpha value is -2.66. The number of carbonyl (C=O) groups is 2. The molecule has 0 spiro atoms. The molecule has 1 fully saturated rings. The van der Waals surface area contributed by atoms with E-state index in [0.29, 0.717) is 6.42 Å². The van der Waals surface area contributed by atoms with E-state index in [9.17, 15) is 9.59 Å². The highest BCUT2D eigenvalue weighted by molar-refractivity contribution is 5.92. The Bertz CT molecular complexity index is 809. The molecule has 3 rings (SSSR count). The summed E-state index contributed by atoms with van der Waals surface area (Å²) in [7, 11) is 0. The normalized spacial score (nSPS) is 15.3. The number of hydrogen-bond acceptors (Lipinski definition) is 3. The Morgan fingerprint density at radius 3 is 2.39 bits per heavy atom. The number of amides is 2. The van der Waals surface area contributed by atoms with E-state index in [4.69, 9.17) is 5.73 Å². The van der Waals surface area contributed by atoms with Crippen molar-refractivity contribution in [3.63, 3.8) is 0 Å². The first-order chi connectivity index (χ1) is 13.5. The molecule has 2 aromatic carbocycles. The van der Waals surface area contributed by atoms with Crippen LogP contribution in [0.5, 0.6) is 0 Å². The van der Waals surface area contributed by atoms with Crippen LogP contribution in [0.2, 0.25) is 0 Å². The van der Waals surface area contributed by atoms with Crippen LogP contribution in [-0.4, -0.2) is 36.3 Å². The van der Waals surface area contributed by atoms with Crippen LogP contribution in [0, 0.1) is 12.8 Å². The molecule has 1 aliphatic heterocycles. The topological polar surface area (TPSA) is 75.4 Å². The van der Waals surface area contributed by atoms with Crippen molar-refractivity contribution in [1.29, 1.82) is 0 Å². The highest BCUT2D eigenvalue weighted by Gasteiger charge is 2.22. The molecule has 0 saturated carbocycles. The minimum Gasteiger partial charge on any atom is -0.369 e. The Labute approximate surface area is 166 Å². The SMILES string of the molecule is Cc1ccccc1CC(=O)Nc1ccc(CCN2CCC(C(N)=O)CC2)cc1.